The molecule has 5 heteroatoms. The molecule has 1 aromatic rings. The number of nitro benzene ring substituents is 1. The number of nitro groups is 1. The molecule has 0 saturated carbocycles. The molecule has 17 heavy (non-hydrogen) atoms. The zero-order valence-electron chi connectivity index (χ0n) is 10.2. The first-order valence-corrected chi connectivity index (χ1v) is 5.66. The van der Waals surface area contributed by atoms with E-state index in [2.05, 4.69) is 19.2 Å². The first-order chi connectivity index (χ1) is 8.11. The Morgan fingerprint density at radius 2 is 2.12 bits per heavy atom. The summed E-state index contributed by atoms with van der Waals surface area (Å²) in [4.78, 5) is 10.3. The molecule has 1 rings (SSSR count). The zero-order valence-corrected chi connectivity index (χ0v) is 10.2. The fraction of sp³-hybridized carbons (Fsp3) is 0.500. The van der Waals surface area contributed by atoms with E-state index in [0.717, 1.165) is 0 Å². The lowest BCUT2D eigenvalue weighted by Gasteiger charge is -2.09. The van der Waals surface area contributed by atoms with E-state index in [0.29, 0.717) is 31.4 Å². The van der Waals surface area contributed by atoms with Crippen LogP contribution in [0.1, 0.15) is 13.8 Å². The van der Waals surface area contributed by atoms with Crippen molar-refractivity contribution in [3.05, 3.63) is 34.4 Å². The summed E-state index contributed by atoms with van der Waals surface area (Å²) in [5.41, 5.74) is 0.627. The summed E-state index contributed by atoms with van der Waals surface area (Å²) >= 11 is 0. The molecular formula is C12H18N2O3. The SMILES string of the molecule is CC(C)COCCNc1ccccc1[N+](=O)[O-]. The Kier molecular flexibility index (Phi) is 5.42. The number of nitrogens with zero attached hydrogens (tertiary/aromatic N) is 1. The predicted molar refractivity (Wildman–Crippen MR) is 67.2 cm³/mol. The fourth-order valence-corrected chi connectivity index (χ4v) is 1.36. The zero-order chi connectivity index (χ0) is 12.7. The summed E-state index contributed by atoms with van der Waals surface area (Å²) in [7, 11) is 0. The minimum Gasteiger partial charge on any atom is -0.379 e. The molecule has 1 N–H and O–H groups in total. The highest BCUT2D eigenvalue weighted by molar-refractivity contribution is 5.60. The van der Waals surface area contributed by atoms with E-state index in [1.165, 1.54) is 6.07 Å². The van der Waals surface area contributed by atoms with Gasteiger partial charge in [-0.1, -0.05) is 26.0 Å². The molecule has 0 aliphatic carbocycles. The molecule has 0 saturated heterocycles. The molecular weight excluding hydrogens is 220 g/mol. The summed E-state index contributed by atoms with van der Waals surface area (Å²) in [6.45, 7) is 5.98. The molecule has 5 nitrogen and oxygen atoms in total. The summed E-state index contributed by atoms with van der Waals surface area (Å²) in [5.74, 6) is 0.501. The molecule has 0 heterocycles. The number of rotatable bonds is 7. The van der Waals surface area contributed by atoms with Crippen LogP contribution in [-0.4, -0.2) is 24.7 Å². The first kappa shape index (κ1) is 13.4. The Labute approximate surface area is 101 Å². The Hall–Kier alpha value is -1.62. The van der Waals surface area contributed by atoms with E-state index < -0.39 is 4.92 Å². The molecule has 0 fully saturated rings. The van der Waals surface area contributed by atoms with Crippen LogP contribution in [0.4, 0.5) is 11.4 Å². The number of ether oxygens (including phenoxy) is 1. The van der Waals surface area contributed by atoms with Crippen LogP contribution in [0.5, 0.6) is 0 Å². The molecule has 0 unspecified atom stereocenters. The predicted octanol–water partition coefficient (Wildman–Crippen LogP) is 2.68. The van der Waals surface area contributed by atoms with Gasteiger partial charge in [-0.05, 0) is 12.0 Å². The average molecular weight is 238 g/mol. The molecule has 94 valence electrons. The molecule has 0 aliphatic rings. The van der Waals surface area contributed by atoms with Gasteiger partial charge in [-0.15, -0.1) is 0 Å². The van der Waals surface area contributed by atoms with Crippen molar-refractivity contribution in [2.24, 2.45) is 5.92 Å². The molecule has 1 aromatic carbocycles. The lowest BCUT2D eigenvalue weighted by Crippen LogP contribution is -2.12. The van der Waals surface area contributed by atoms with Gasteiger partial charge in [-0.3, -0.25) is 10.1 Å². The standard InChI is InChI=1S/C12H18N2O3/c1-10(2)9-17-8-7-13-11-5-3-4-6-12(11)14(15)16/h3-6,10,13H,7-9H2,1-2H3. The lowest BCUT2D eigenvalue weighted by molar-refractivity contribution is -0.384. The maximum absolute atomic E-state index is 10.7. The van der Waals surface area contributed by atoms with E-state index in [9.17, 15) is 10.1 Å². The van der Waals surface area contributed by atoms with Crippen LogP contribution < -0.4 is 5.32 Å². The van der Waals surface area contributed by atoms with Gasteiger partial charge in [-0.25, -0.2) is 0 Å². The second-order valence-electron chi connectivity index (χ2n) is 4.17. The van der Waals surface area contributed by atoms with Crippen LogP contribution in [0.2, 0.25) is 0 Å². The Bertz CT molecular complexity index is 367. The van der Waals surface area contributed by atoms with E-state index in [1.807, 2.05) is 0 Å². The smallest absolute Gasteiger partial charge is 0.292 e. The van der Waals surface area contributed by atoms with Crippen LogP contribution >= 0.6 is 0 Å². The van der Waals surface area contributed by atoms with Gasteiger partial charge in [0.2, 0.25) is 0 Å². The molecule has 0 aliphatic heterocycles. The average Bonchev–Trinajstić information content (AvgIpc) is 2.28. The highest BCUT2D eigenvalue weighted by Crippen LogP contribution is 2.22. The van der Waals surface area contributed by atoms with Crippen molar-refractivity contribution in [2.45, 2.75) is 13.8 Å². The summed E-state index contributed by atoms with van der Waals surface area (Å²) in [5, 5.41) is 13.7. The molecule has 0 aromatic heterocycles. The van der Waals surface area contributed by atoms with Gasteiger partial charge in [-0.2, -0.15) is 0 Å². The Morgan fingerprint density at radius 1 is 1.41 bits per heavy atom. The highest BCUT2D eigenvalue weighted by atomic mass is 16.6. The second-order valence-corrected chi connectivity index (χ2v) is 4.17. The molecule has 0 spiro atoms. The normalized spacial score (nSPS) is 10.5. The van der Waals surface area contributed by atoms with Crippen LogP contribution in [-0.2, 0) is 4.74 Å². The molecule has 0 atom stereocenters. The van der Waals surface area contributed by atoms with E-state index in [-0.39, 0.29) is 5.69 Å². The van der Waals surface area contributed by atoms with Gasteiger partial charge < -0.3 is 10.1 Å². The monoisotopic (exact) mass is 238 g/mol. The number of nitrogens with one attached hydrogen (secondary N) is 1. The minimum atomic E-state index is -0.392. The Balaban J connectivity index is 2.39. The number of anilines is 1. The molecule has 0 radical (unpaired) electrons. The van der Waals surface area contributed by atoms with Crippen molar-refractivity contribution in [2.75, 3.05) is 25.1 Å². The molecule has 0 amide bonds. The second kappa shape index (κ2) is 6.85. The third-order valence-electron chi connectivity index (χ3n) is 2.11. The summed E-state index contributed by atoms with van der Waals surface area (Å²) in [6, 6.07) is 6.60. The van der Waals surface area contributed by atoms with Crippen LogP contribution in [0.15, 0.2) is 24.3 Å². The van der Waals surface area contributed by atoms with Crippen molar-refractivity contribution < 1.29 is 9.66 Å². The van der Waals surface area contributed by atoms with Crippen molar-refractivity contribution in [3.8, 4) is 0 Å². The summed E-state index contributed by atoms with van der Waals surface area (Å²) < 4.78 is 5.38. The highest BCUT2D eigenvalue weighted by Gasteiger charge is 2.10. The van der Waals surface area contributed by atoms with E-state index in [1.54, 1.807) is 18.2 Å². The van der Waals surface area contributed by atoms with E-state index >= 15 is 0 Å². The Morgan fingerprint density at radius 3 is 2.76 bits per heavy atom. The number of benzene rings is 1. The fourth-order valence-electron chi connectivity index (χ4n) is 1.36. The first-order valence-electron chi connectivity index (χ1n) is 5.66. The lowest BCUT2D eigenvalue weighted by atomic mass is 10.2. The maximum Gasteiger partial charge on any atom is 0.292 e. The van der Waals surface area contributed by atoms with Gasteiger partial charge in [0.05, 0.1) is 11.5 Å². The van der Waals surface area contributed by atoms with Crippen LogP contribution in [0, 0.1) is 16.0 Å². The van der Waals surface area contributed by atoms with Gasteiger partial charge in [0.15, 0.2) is 0 Å². The number of para-hydroxylation sites is 2. The number of hydrogen-bond donors (Lipinski definition) is 1. The van der Waals surface area contributed by atoms with Gasteiger partial charge >= 0.3 is 0 Å². The van der Waals surface area contributed by atoms with Crippen LogP contribution in [0.3, 0.4) is 0 Å². The van der Waals surface area contributed by atoms with Gasteiger partial charge in [0.25, 0.3) is 5.69 Å². The maximum atomic E-state index is 10.7. The van der Waals surface area contributed by atoms with Crippen LogP contribution in [0.25, 0.3) is 0 Å². The largest absolute Gasteiger partial charge is 0.379 e. The third-order valence-corrected chi connectivity index (χ3v) is 2.11. The quantitative estimate of drug-likeness (QED) is 0.450. The van der Waals surface area contributed by atoms with Gasteiger partial charge in [0.1, 0.15) is 5.69 Å². The molecule has 0 bridgehead atoms. The van der Waals surface area contributed by atoms with Gasteiger partial charge in [0, 0.05) is 19.2 Å². The van der Waals surface area contributed by atoms with Crippen molar-refractivity contribution in [1.29, 1.82) is 0 Å². The minimum absolute atomic E-state index is 0.0939. The van der Waals surface area contributed by atoms with E-state index in [4.69, 9.17) is 4.74 Å². The third kappa shape index (κ3) is 4.82. The topological polar surface area (TPSA) is 64.4 Å². The summed E-state index contributed by atoms with van der Waals surface area (Å²) in [6.07, 6.45) is 0. The number of hydrogen-bond acceptors (Lipinski definition) is 4. The van der Waals surface area contributed by atoms with Crippen molar-refractivity contribution in [1.82, 2.24) is 0 Å². The van der Waals surface area contributed by atoms with Crippen molar-refractivity contribution >= 4 is 11.4 Å². The van der Waals surface area contributed by atoms with Crippen molar-refractivity contribution in [3.63, 3.8) is 0 Å².